The number of aliphatic hydroxyl groups excluding tert-OH is 1. The molecule has 6 heteroatoms. The van der Waals surface area contributed by atoms with Crippen LogP contribution in [0.25, 0.3) is 0 Å². The average molecular weight is 228 g/mol. The van der Waals surface area contributed by atoms with Gasteiger partial charge in [0.15, 0.2) is 0 Å². The summed E-state index contributed by atoms with van der Waals surface area (Å²) in [4.78, 5) is 0. The molecule has 0 saturated carbocycles. The molecule has 0 radical (unpaired) electrons. The van der Waals surface area contributed by atoms with Crippen molar-refractivity contribution in [1.29, 1.82) is 0 Å². The monoisotopic (exact) mass is 228 g/mol. The second-order valence-corrected chi connectivity index (χ2v) is 7.53. The lowest BCUT2D eigenvalue weighted by Crippen LogP contribution is -2.20. The minimum atomic E-state index is -4.02. The lowest BCUT2D eigenvalue weighted by molar-refractivity contribution is 0.142. The summed E-state index contributed by atoms with van der Waals surface area (Å²) in [7, 11) is -3.66. The molecule has 0 aromatic rings. The van der Waals surface area contributed by atoms with Gasteiger partial charge in [-0.3, -0.25) is 4.55 Å². The molecular weight excluding hydrogens is 212 g/mol. The van der Waals surface area contributed by atoms with E-state index in [2.05, 4.69) is 0 Å². The Kier molecular flexibility index (Phi) is 4.71. The Bertz CT molecular complexity index is 240. The molecule has 4 nitrogen and oxygen atoms in total. The zero-order chi connectivity index (χ0) is 10.7. The van der Waals surface area contributed by atoms with Gasteiger partial charge >= 0.3 is 9.15 Å². The summed E-state index contributed by atoms with van der Waals surface area (Å²) >= 11 is 0. The van der Waals surface area contributed by atoms with E-state index in [9.17, 15) is 13.5 Å². The van der Waals surface area contributed by atoms with E-state index in [0.29, 0.717) is 17.2 Å². The van der Waals surface area contributed by atoms with Gasteiger partial charge in [-0.25, -0.2) is 0 Å². The van der Waals surface area contributed by atoms with Gasteiger partial charge in [0.25, 0.3) is 0 Å². The molecule has 0 fully saturated rings. The molecule has 0 aromatic heterocycles. The van der Waals surface area contributed by atoms with E-state index in [1.54, 1.807) is 0 Å². The maximum absolute atomic E-state index is 10.3. The van der Waals surface area contributed by atoms with Crippen molar-refractivity contribution in [3.8, 4) is 0 Å². The maximum Gasteiger partial charge on any atom is 0.319 e. The minimum Gasteiger partial charge on any atom is -0.392 e. The molecular formula is C7H16O4S2. The van der Waals surface area contributed by atoms with Crippen LogP contribution in [0.5, 0.6) is 0 Å². The first kappa shape index (κ1) is 13.2. The molecule has 0 bridgehead atoms. The Hall–Kier alpha value is 0.220. The zero-order valence-corrected chi connectivity index (χ0v) is 9.65. The third-order valence-corrected chi connectivity index (χ3v) is 3.38. The van der Waals surface area contributed by atoms with Crippen LogP contribution in [-0.2, 0) is 9.15 Å². The third-order valence-electron chi connectivity index (χ3n) is 1.26. The molecule has 2 N–H and O–H groups in total. The van der Waals surface area contributed by atoms with Crippen molar-refractivity contribution in [2.75, 3.05) is 5.75 Å². The highest BCUT2D eigenvalue weighted by molar-refractivity contribution is 8.69. The molecule has 0 spiro atoms. The van der Waals surface area contributed by atoms with Crippen LogP contribution in [0.2, 0.25) is 0 Å². The van der Waals surface area contributed by atoms with Gasteiger partial charge in [-0.2, -0.15) is 8.42 Å². The molecule has 0 rings (SSSR count). The number of rotatable bonds is 4. The quantitative estimate of drug-likeness (QED) is 0.560. The van der Waals surface area contributed by atoms with Crippen LogP contribution in [0.15, 0.2) is 0 Å². The summed E-state index contributed by atoms with van der Waals surface area (Å²) in [6.45, 7) is 5.86. The first-order valence-electron chi connectivity index (χ1n) is 3.90. The second-order valence-electron chi connectivity index (χ2n) is 4.13. The Labute approximate surface area is 82.9 Å². The SMILES string of the molecule is CC(C)(C)CC(O)CSS(=O)(=O)O. The molecule has 0 aliphatic rings. The standard InChI is InChI=1S/C7H16O4S2/c1-7(2,3)4-6(8)5-12-13(9,10)11/h6,8H,4-5H2,1-3H3,(H,9,10,11). The van der Waals surface area contributed by atoms with Crippen LogP contribution in [-0.4, -0.2) is 29.9 Å². The van der Waals surface area contributed by atoms with Crippen molar-refractivity contribution in [1.82, 2.24) is 0 Å². The van der Waals surface area contributed by atoms with Crippen molar-refractivity contribution in [2.24, 2.45) is 5.41 Å². The van der Waals surface area contributed by atoms with Crippen molar-refractivity contribution in [3.63, 3.8) is 0 Å². The summed E-state index contributed by atoms with van der Waals surface area (Å²) in [5, 5.41) is 9.35. The predicted octanol–water partition coefficient (Wildman–Crippen LogP) is 1.32. The highest BCUT2D eigenvalue weighted by Gasteiger charge is 2.18. The fourth-order valence-corrected chi connectivity index (χ4v) is 2.36. The average Bonchev–Trinajstić information content (AvgIpc) is 1.78. The lowest BCUT2D eigenvalue weighted by atomic mass is 9.90. The zero-order valence-electron chi connectivity index (χ0n) is 8.02. The van der Waals surface area contributed by atoms with Crippen molar-refractivity contribution >= 4 is 19.9 Å². The third kappa shape index (κ3) is 10.1. The Balaban J connectivity index is 3.84. The van der Waals surface area contributed by atoms with Gasteiger partial charge < -0.3 is 5.11 Å². The maximum atomic E-state index is 10.3. The van der Waals surface area contributed by atoms with Crippen molar-refractivity contribution in [2.45, 2.75) is 33.3 Å². The molecule has 1 atom stereocenters. The minimum absolute atomic E-state index is 0.0100. The lowest BCUT2D eigenvalue weighted by Gasteiger charge is -2.21. The number of hydrogen-bond donors (Lipinski definition) is 2. The van der Waals surface area contributed by atoms with Gasteiger partial charge in [0.1, 0.15) is 0 Å². The van der Waals surface area contributed by atoms with Crippen molar-refractivity contribution < 1.29 is 18.1 Å². The molecule has 0 amide bonds. The Morgan fingerprint density at radius 1 is 1.38 bits per heavy atom. The van der Waals surface area contributed by atoms with Gasteiger partial charge in [0.05, 0.1) is 6.10 Å². The van der Waals surface area contributed by atoms with Gasteiger partial charge in [-0.15, -0.1) is 0 Å². The van der Waals surface area contributed by atoms with E-state index in [1.807, 2.05) is 20.8 Å². The first-order valence-corrected chi connectivity index (χ1v) is 6.84. The van der Waals surface area contributed by atoms with Gasteiger partial charge in [-0.1, -0.05) is 20.8 Å². The molecule has 80 valence electrons. The fourth-order valence-electron chi connectivity index (χ4n) is 0.930. The molecule has 13 heavy (non-hydrogen) atoms. The fraction of sp³-hybridized carbons (Fsp3) is 1.00. The molecule has 1 unspecified atom stereocenters. The molecule has 0 aliphatic heterocycles. The number of aliphatic hydroxyl groups is 1. The smallest absolute Gasteiger partial charge is 0.319 e. The van der Waals surface area contributed by atoms with E-state index in [0.717, 1.165) is 0 Å². The summed E-state index contributed by atoms with van der Waals surface area (Å²) in [6.07, 6.45) is -0.192. The van der Waals surface area contributed by atoms with E-state index in [1.165, 1.54) is 0 Å². The predicted molar refractivity (Wildman–Crippen MR) is 54.1 cm³/mol. The van der Waals surface area contributed by atoms with Crippen LogP contribution in [0.1, 0.15) is 27.2 Å². The van der Waals surface area contributed by atoms with Gasteiger partial charge in [0, 0.05) is 5.75 Å². The highest BCUT2D eigenvalue weighted by Crippen LogP contribution is 2.23. The molecule has 0 heterocycles. The van der Waals surface area contributed by atoms with E-state index in [-0.39, 0.29) is 11.2 Å². The second kappa shape index (κ2) is 4.63. The Morgan fingerprint density at radius 2 is 1.85 bits per heavy atom. The van der Waals surface area contributed by atoms with Crippen LogP contribution < -0.4 is 0 Å². The normalized spacial score (nSPS) is 15.8. The van der Waals surface area contributed by atoms with E-state index < -0.39 is 15.3 Å². The summed E-state index contributed by atoms with van der Waals surface area (Å²) in [5.41, 5.74) is -0.0425. The van der Waals surface area contributed by atoms with Crippen LogP contribution in [0, 0.1) is 5.41 Å². The van der Waals surface area contributed by atoms with Crippen LogP contribution >= 0.6 is 10.8 Å². The van der Waals surface area contributed by atoms with Gasteiger partial charge in [0.2, 0.25) is 0 Å². The molecule has 0 aliphatic carbocycles. The van der Waals surface area contributed by atoms with Crippen LogP contribution in [0.4, 0.5) is 0 Å². The summed E-state index contributed by atoms with van der Waals surface area (Å²) in [6, 6.07) is 0. The highest BCUT2D eigenvalue weighted by atomic mass is 33.1. The molecule has 0 saturated heterocycles. The number of hydrogen-bond acceptors (Lipinski definition) is 4. The first-order chi connectivity index (χ1) is 5.60. The van der Waals surface area contributed by atoms with Crippen LogP contribution in [0.3, 0.4) is 0 Å². The Morgan fingerprint density at radius 3 is 2.15 bits per heavy atom. The topological polar surface area (TPSA) is 74.6 Å². The molecule has 0 aromatic carbocycles. The van der Waals surface area contributed by atoms with Gasteiger partial charge in [-0.05, 0) is 22.6 Å². The van der Waals surface area contributed by atoms with E-state index >= 15 is 0 Å². The summed E-state index contributed by atoms with van der Waals surface area (Å²) < 4.78 is 29.0. The van der Waals surface area contributed by atoms with Crippen molar-refractivity contribution in [3.05, 3.63) is 0 Å². The summed E-state index contributed by atoms with van der Waals surface area (Å²) in [5.74, 6) is 0.0100. The largest absolute Gasteiger partial charge is 0.392 e. The van der Waals surface area contributed by atoms with E-state index in [4.69, 9.17) is 4.55 Å².